The maximum Gasteiger partial charge on any atom is 0.306 e. The van der Waals surface area contributed by atoms with E-state index in [-0.39, 0.29) is 31.1 Å². The van der Waals surface area contributed by atoms with E-state index in [0.29, 0.717) is 19.3 Å². The Balaban J connectivity index is 4.36. The topological polar surface area (TPSA) is 78.9 Å². The maximum atomic E-state index is 12.9. The molecule has 0 N–H and O–H groups in total. The van der Waals surface area contributed by atoms with Crippen molar-refractivity contribution in [1.29, 1.82) is 0 Å². The highest BCUT2D eigenvalue weighted by atomic mass is 16.6. The van der Waals surface area contributed by atoms with Gasteiger partial charge in [0.05, 0.1) is 0 Å². The number of carbonyl (C=O) groups excluding carboxylic acids is 3. The van der Waals surface area contributed by atoms with Gasteiger partial charge in [-0.2, -0.15) is 0 Å². The summed E-state index contributed by atoms with van der Waals surface area (Å²) in [6, 6.07) is 0. The first kappa shape index (κ1) is 74.6. The summed E-state index contributed by atoms with van der Waals surface area (Å²) in [5, 5.41) is 0. The number of hydrogen-bond acceptors (Lipinski definition) is 6. The van der Waals surface area contributed by atoms with E-state index < -0.39 is 6.10 Å². The number of hydrogen-bond donors (Lipinski definition) is 0. The second kappa shape index (κ2) is 66.1. The molecule has 0 aliphatic heterocycles. The number of ether oxygens (including phenoxy) is 3. The van der Waals surface area contributed by atoms with Crippen molar-refractivity contribution in [2.24, 2.45) is 0 Å². The minimum absolute atomic E-state index is 0.0807. The first-order valence-corrected chi connectivity index (χ1v) is 33.6. The molecule has 0 heterocycles. The van der Waals surface area contributed by atoms with Crippen LogP contribution in [0.5, 0.6) is 0 Å². The van der Waals surface area contributed by atoms with Crippen LogP contribution in [0.15, 0.2) is 85.1 Å². The second-order valence-electron chi connectivity index (χ2n) is 22.4. The van der Waals surface area contributed by atoms with Crippen LogP contribution in [0, 0.1) is 0 Å². The first-order valence-electron chi connectivity index (χ1n) is 33.6. The summed E-state index contributed by atoms with van der Waals surface area (Å²) in [6.45, 7) is 6.55. The van der Waals surface area contributed by atoms with Crippen LogP contribution in [0.1, 0.15) is 335 Å². The van der Waals surface area contributed by atoms with Gasteiger partial charge in [0.25, 0.3) is 0 Å². The maximum absolute atomic E-state index is 12.9. The average molecular weight is 1090 g/mol. The number of esters is 3. The Morgan fingerprint density at radius 3 is 0.782 bits per heavy atom. The molecule has 0 rings (SSSR count). The van der Waals surface area contributed by atoms with Gasteiger partial charge in [-0.05, 0) is 96.3 Å². The van der Waals surface area contributed by atoms with Crippen LogP contribution in [0.4, 0.5) is 0 Å². The third kappa shape index (κ3) is 63.4. The van der Waals surface area contributed by atoms with E-state index >= 15 is 0 Å². The van der Waals surface area contributed by atoms with Crippen LogP contribution in [0.2, 0.25) is 0 Å². The molecule has 0 radical (unpaired) electrons. The lowest BCUT2D eigenvalue weighted by atomic mass is 10.0. The average Bonchev–Trinajstić information content (AvgIpc) is 3.44. The summed E-state index contributed by atoms with van der Waals surface area (Å²) in [7, 11) is 0. The van der Waals surface area contributed by atoms with Crippen molar-refractivity contribution in [2.75, 3.05) is 13.2 Å². The summed E-state index contributed by atoms with van der Waals surface area (Å²) in [5.41, 5.74) is 0. The molecule has 78 heavy (non-hydrogen) atoms. The van der Waals surface area contributed by atoms with Gasteiger partial charge >= 0.3 is 17.9 Å². The number of allylic oxidation sites excluding steroid dienone is 14. The molecule has 1 atom stereocenters. The van der Waals surface area contributed by atoms with E-state index in [4.69, 9.17) is 14.2 Å². The third-order valence-corrected chi connectivity index (χ3v) is 14.6. The molecule has 6 nitrogen and oxygen atoms in total. The van der Waals surface area contributed by atoms with Crippen molar-refractivity contribution < 1.29 is 28.6 Å². The van der Waals surface area contributed by atoms with Gasteiger partial charge < -0.3 is 14.2 Å². The van der Waals surface area contributed by atoms with Crippen LogP contribution in [-0.4, -0.2) is 37.2 Å². The third-order valence-electron chi connectivity index (χ3n) is 14.6. The molecule has 0 bridgehead atoms. The van der Waals surface area contributed by atoms with E-state index in [0.717, 1.165) is 109 Å². The van der Waals surface area contributed by atoms with Gasteiger partial charge in [0.15, 0.2) is 6.10 Å². The fourth-order valence-electron chi connectivity index (χ4n) is 9.62. The summed E-state index contributed by atoms with van der Waals surface area (Å²) in [5.74, 6) is -0.882. The lowest BCUT2D eigenvalue weighted by Crippen LogP contribution is -2.30. The molecule has 0 saturated carbocycles. The lowest BCUT2D eigenvalue weighted by molar-refractivity contribution is -0.167. The van der Waals surface area contributed by atoms with Crippen LogP contribution in [0.25, 0.3) is 0 Å². The molecule has 450 valence electrons. The van der Waals surface area contributed by atoms with Gasteiger partial charge in [0.2, 0.25) is 0 Å². The molecule has 0 aromatic rings. The fraction of sp³-hybridized carbons (Fsp3) is 0.764. The van der Waals surface area contributed by atoms with Crippen LogP contribution in [0.3, 0.4) is 0 Å². The molecule has 0 amide bonds. The number of unbranched alkanes of at least 4 members (excludes halogenated alkanes) is 36. The zero-order valence-corrected chi connectivity index (χ0v) is 51.7. The van der Waals surface area contributed by atoms with Crippen molar-refractivity contribution in [3.63, 3.8) is 0 Å². The van der Waals surface area contributed by atoms with E-state index in [9.17, 15) is 14.4 Å². The second-order valence-corrected chi connectivity index (χ2v) is 22.4. The highest BCUT2D eigenvalue weighted by Gasteiger charge is 2.19. The van der Waals surface area contributed by atoms with Crippen molar-refractivity contribution >= 4 is 17.9 Å². The molecule has 0 spiro atoms. The molecule has 0 aliphatic rings. The summed E-state index contributed by atoms with van der Waals surface area (Å²) < 4.78 is 17.0. The molecule has 0 fully saturated rings. The smallest absolute Gasteiger partial charge is 0.306 e. The van der Waals surface area contributed by atoms with Gasteiger partial charge in [-0.1, -0.05) is 305 Å². The molecule has 0 aliphatic carbocycles. The molecule has 1 unspecified atom stereocenters. The van der Waals surface area contributed by atoms with E-state index in [2.05, 4.69) is 106 Å². The van der Waals surface area contributed by atoms with E-state index in [1.807, 2.05) is 0 Å². The minimum Gasteiger partial charge on any atom is -0.462 e. The predicted octanol–water partition coefficient (Wildman–Crippen LogP) is 23.1. The Morgan fingerprint density at radius 1 is 0.269 bits per heavy atom. The van der Waals surface area contributed by atoms with Crippen molar-refractivity contribution in [3.05, 3.63) is 85.1 Å². The zero-order valence-electron chi connectivity index (χ0n) is 51.7. The molecule has 0 saturated heterocycles. The Morgan fingerprint density at radius 2 is 0.500 bits per heavy atom. The zero-order chi connectivity index (χ0) is 56.4. The van der Waals surface area contributed by atoms with Crippen LogP contribution < -0.4 is 0 Å². The Bertz CT molecular complexity index is 1480. The van der Waals surface area contributed by atoms with E-state index in [1.54, 1.807) is 0 Å². The number of rotatable bonds is 61. The largest absolute Gasteiger partial charge is 0.462 e. The van der Waals surface area contributed by atoms with Crippen LogP contribution >= 0.6 is 0 Å². The SMILES string of the molecule is CC/C=C\C/C=C\C/C=C\C/C=C\CCCCCCCCC(=O)OC(COC(=O)CCCCCCCCCCCC/C=C\C/C=C\C/C=C\CCCCCCC)COC(=O)CCCCCCCCCCCCCCCCCC. The van der Waals surface area contributed by atoms with Gasteiger partial charge in [-0.15, -0.1) is 0 Å². The standard InChI is InChI=1S/C72H126O6/c1-4-7-10-13-16-19-22-25-28-31-33-34-35-36-37-38-40-41-44-47-50-53-56-59-62-65-71(74)77-68-69(67-76-70(73)64-61-58-55-52-49-46-43-30-27-24-21-18-15-12-9-6-3)78-72(75)66-63-60-57-54-51-48-45-42-39-32-29-26-23-20-17-14-11-8-5-2/h8,11,17,20,22,25-26,29,31,33,35-36,39,42,69H,4-7,9-10,12-16,18-19,21,23-24,27-28,30,32,34,37-38,40-41,43-68H2,1-3H3/b11-8-,20-17-,25-22-,29-26-,33-31-,36-35-,42-39-. The molecular formula is C72H126O6. The molecule has 0 aromatic carbocycles. The lowest BCUT2D eigenvalue weighted by Gasteiger charge is -2.18. The normalized spacial score (nSPS) is 12.6. The molecular weight excluding hydrogens is 961 g/mol. The van der Waals surface area contributed by atoms with Crippen molar-refractivity contribution in [1.82, 2.24) is 0 Å². The number of carbonyl (C=O) groups is 3. The fourth-order valence-corrected chi connectivity index (χ4v) is 9.62. The highest BCUT2D eigenvalue weighted by molar-refractivity contribution is 5.71. The quantitative estimate of drug-likeness (QED) is 0.0261. The van der Waals surface area contributed by atoms with Gasteiger partial charge in [-0.25, -0.2) is 0 Å². The van der Waals surface area contributed by atoms with Crippen LogP contribution in [-0.2, 0) is 28.6 Å². The Hall–Kier alpha value is -3.41. The van der Waals surface area contributed by atoms with Crippen molar-refractivity contribution in [2.45, 2.75) is 341 Å². The highest BCUT2D eigenvalue weighted by Crippen LogP contribution is 2.17. The van der Waals surface area contributed by atoms with Gasteiger partial charge in [0.1, 0.15) is 13.2 Å². The van der Waals surface area contributed by atoms with Gasteiger partial charge in [0, 0.05) is 19.3 Å². The molecule has 0 aromatic heterocycles. The summed E-state index contributed by atoms with van der Waals surface area (Å²) in [6.07, 6.45) is 87.3. The van der Waals surface area contributed by atoms with Crippen molar-refractivity contribution in [3.8, 4) is 0 Å². The van der Waals surface area contributed by atoms with E-state index in [1.165, 1.54) is 186 Å². The Kier molecular flexibility index (Phi) is 63.2. The molecule has 6 heteroatoms. The minimum atomic E-state index is -0.787. The van der Waals surface area contributed by atoms with Gasteiger partial charge in [-0.3, -0.25) is 14.4 Å². The monoisotopic (exact) mass is 1090 g/mol. The first-order chi connectivity index (χ1) is 38.5. The summed E-state index contributed by atoms with van der Waals surface area (Å²) >= 11 is 0. The predicted molar refractivity (Wildman–Crippen MR) is 339 cm³/mol. The Labute approximate surface area is 484 Å². The summed E-state index contributed by atoms with van der Waals surface area (Å²) in [4.78, 5) is 38.4.